The molecule has 1 fully saturated rings. The maximum absolute atomic E-state index is 12.2. The number of carbonyl (C=O) groups is 1. The molecule has 0 unspecified atom stereocenters. The molecule has 1 amide bonds. The Balaban J connectivity index is 1.93. The fourth-order valence-corrected chi connectivity index (χ4v) is 2.20. The van der Waals surface area contributed by atoms with Gasteiger partial charge in [-0.25, -0.2) is 5.48 Å². The number of hydrogen-bond donors (Lipinski definition) is 1. The summed E-state index contributed by atoms with van der Waals surface area (Å²) >= 11 is 0. The first-order chi connectivity index (χ1) is 11.1. The maximum atomic E-state index is 12.2. The molecule has 0 aromatic heterocycles. The molecule has 1 aromatic rings. The molecule has 6 nitrogen and oxygen atoms in total. The zero-order chi connectivity index (χ0) is 18.0. The molecule has 0 spiro atoms. The number of carbonyl (C=O) groups excluding carboxylic acids is 1. The standard InChI is InChI=1S/C14H16F3NO5S/c1-9(13(19)18-22-8-10-2-3-10)11-4-6-12(7-5-11)23-24(20,21)14(15,16)17/h4-7,9-10H,2-3,8H2,1H3,(H,18,19)/t9-/m1/s1. The Labute approximate surface area is 137 Å². The van der Waals surface area contributed by atoms with Crippen molar-refractivity contribution in [2.45, 2.75) is 31.2 Å². The maximum Gasteiger partial charge on any atom is 0.534 e. The third kappa shape index (κ3) is 4.84. The average molecular weight is 367 g/mol. The van der Waals surface area contributed by atoms with Gasteiger partial charge in [0.2, 0.25) is 0 Å². The largest absolute Gasteiger partial charge is 0.534 e. The van der Waals surface area contributed by atoms with Crippen molar-refractivity contribution in [3.63, 3.8) is 0 Å². The van der Waals surface area contributed by atoms with Crippen LogP contribution in [0.25, 0.3) is 0 Å². The molecular formula is C14H16F3NO5S. The Hall–Kier alpha value is -1.81. The van der Waals surface area contributed by atoms with Crippen molar-refractivity contribution in [2.24, 2.45) is 5.92 Å². The van der Waals surface area contributed by atoms with E-state index in [9.17, 15) is 26.4 Å². The van der Waals surface area contributed by atoms with E-state index in [0.29, 0.717) is 18.1 Å². The van der Waals surface area contributed by atoms with Gasteiger partial charge in [0, 0.05) is 0 Å². The summed E-state index contributed by atoms with van der Waals surface area (Å²) in [5, 5.41) is 0. The van der Waals surface area contributed by atoms with Gasteiger partial charge in [-0.05, 0) is 43.4 Å². The highest BCUT2D eigenvalue weighted by molar-refractivity contribution is 7.88. The fourth-order valence-electron chi connectivity index (χ4n) is 1.74. The van der Waals surface area contributed by atoms with Crippen LogP contribution in [0, 0.1) is 5.92 Å². The van der Waals surface area contributed by atoms with Crippen molar-refractivity contribution in [3.8, 4) is 5.75 Å². The van der Waals surface area contributed by atoms with Crippen LogP contribution in [0.1, 0.15) is 31.2 Å². The summed E-state index contributed by atoms with van der Waals surface area (Å²) in [6, 6.07) is 4.72. The molecule has 10 heteroatoms. The third-order valence-corrected chi connectivity index (χ3v) is 4.43. The highest BCUT2D eigenvalue weighted by Crippen LogP contribution is 2.29. The van der Waals surface area contributed by atoms with Gasteiger partial charge < -0.3 is 4.18 Å². The zero-order valence-electron chi connectivity index (χ0n) is 12.7. The predicted octanol–water partition coefficient (Wildman–Crippen LogP) is 2.48. The summed E-state index contributed by atoms with van der Waals surface area (Å²) in [7, 11) is -5.71. The van der Waals surface area contributed by atoms with Crippen LogP contribution in [-0.2, 0) is 19.8 Å². The molecule has 1 aliphatic rings. The summed E-state index contributed by atoms with van der Waals surface area (Å²) in [6.45, 7) is 2.03. The van der Waals surface area contributed by atoms with Gasteiger partial charge >= 0.3 is 15.6 Å². The quantitative estimate of drug-likeness (QED) is 0.455. The monoisotopic (exact) mass is 367 g/mol. The molecule has 1 atom stereocenters. The minimum Gasteiger partial charge on any atom is -0.376 e. The molecule has 1 aliphatic carbocycles. The Kier molecular flexibility index (Phi) is 5.38. The second-order valence-electron chi connectivity index (χ2n) is 5.49. The van der Waals surface area contributed by atoms with Crippen LogP contribution in [0.3, 0.4) is 0 Å². The fraction of sp³-hybridized carbons (Fsp3) is 0.500. The van der Waals surface area contributed by atoms with Crippen LogP contribution in [-0.4, -0.2) is 26.4 Å². The van der Waals surface area contributed by atoms with Gasteiger partial charge in [0.1, 0.15) is 5.75 Å². The van der Waals surface area contributed by atoms with Gasteiger partial charge in [-0.3, -0.25) is 9.63 Å². The van der Waals surface area contributed by atoms with E-state index < -0.39 is 33.2 Å². The molecule has 0 bridgehead atoms. The van der Waals surface area contributed by atoms with Crippen molar-refractivity contribution in [3.05, 3.63) is 29.8 Å². The van der Waals surface area contributed by atoms with Crippen molar-refractivity contribution >= 4 is 16.0 Å². The minimum absolute atomic E-state index is 0.410. The van der Waals surface area contributed by atoms with Gasteiger partial charge in [0.25, 0.3) is 5.91 Å². The third-order valence-electron chi connectivity index (χ3n) is 3.45. The SMILES string of the molecule is C[C@@H](C(=O)NOCC1CC1)c1ccc(OS(=O)(=O)C(F)(F)F)cc1. The Morgan fingerprint density at radius 3 is 2.38 bits per heavy atom. The molecule has 0 saturated heterocycles. The van der Waals surface area contributed by atoms with Crippen LogP contribution >= 0.6 is 0 Å². The first-order valence-corrected chi connectivity index (χ1v) is 8.53. The van der Waals surface area contributed by atoms with Gasteiger partial charge in [-0.2, -0.15) is 21.6 Å². The number of nitrogens with one attached hydrogen (secondary N) is 1. The topological polar surface area (TPSA) is 81.7 Å². The molecule has 0 aliphatic heterocycles. The van der Waals surface area contributed by atoms with Crippen molar-refractivity contribution in [2.75, 3.05) is 6.61 Å². The summed E-state index contributed by atoms with van der Waals surface area (Å²) in [5.41, 5.74) is -2.72. The lowest BCUT2D eigenvalue weighted by molar-refractivity contribution is -0.135. The minimum atomic E-state index is -5.71. The molecule has 1 N–H and O–H groups in total. The van der Waals surface area contributed by atoms with Crippen molar-refractivity contribution in [1.29, 1.82) is 0 Å². The molecule has 1 aromatic carbocycles. The smallest absolute Gasteiger partial charge is 0.376 e. The molecule has 1 saturated carbocycles. The van der Waals surface area contributed by atoms with E-state index in [1.807, 2.05) is 0 Å². The van der Waals surface area contributed by atoms with E-state index in [0.717, 1.165) is 25.0 Å². The van der Waals surface area contributed by atoms with Crippen molar-refractivity contribution in [1.82, 2.24) is 5.48 Å². The molecule has 24 heavy (non-hydrogen) atoms. The number of rotatable bonds is 7. The summed E-state index contributed by atoms with van der Waals surface area (Å²) in [5.74, 6) is -1.05. The number of hydroxylamine groups is 1. The molecule has 0 heterocycles. The van der Waals surface area contributed by atoms with E-state index in [-0.39, 0.29) is 0 Å². The number of halogens is 3. The normalized spacial score (nSPS) is 16.5. The zero-order valence-corrected chi connectivity index (χ0v) is 13.5. The first-order valence-electron chi connectivity index (χ1n) is 7.12. The number of amides is 1. The Morgan fingerprint density at radius 1 is 1.29 bits per heavy atom. The van der Waals surface area contributed by atoms with Crippen LogP contribution in [0.2, 0.25) is 0 Å². The van der Waals surface area contributed by atoms with Gasteiger partial charge in [-0.15, -0.1) is 0 Å². The van der Waals surface area contributed by atoms with E-state index >= 15 is 0 Å². The number of alkyl halides is 3. The Bertz CT molecular complexity index is 683. The van der Waals surface area contributed by atoms with Crippen LogP contribution < -0.4 is 9.66 Å². The number of hydrogen-bond acceptors (Lipinski definition) is 5. The molecule has 0 radical (unpaired) electrons. The lowest BCUT2D eigenvalue weighted by atomic mass is 10.0. The van der Waals surface area contributed by atoms with Crippen LogP contribution in [0.4, 0.5) is 13.2 Å². The van der Waals surface area contributed by atoms with Gasteiger partial charge in [0.15, 0.2) is 0 Å². The van der Waals surface area contributed by atoms with E-state index in [4.69, 9.17) is 4.84 Å². The van der Waals surface area contributed by atoms with Crippen LogP contribution in [0.15, 0.2) is 24.3 Å². The highest BCUT2D eigenvalue weighted by atomic mass is 32.2. The van der Waals surface area contributed by atoms with E-state index in [2.05, 4.69) is 9.66 Å². The Morgan fingerprint density at radius 2 is 1.88 bits per heavy atom. The summed E-state index contributed by atoms with van der Waals surface area (Å²) < 4.78 is 62.5. The van der Waals surface area contributed by atoms with Gasteiger partial charge in [0.05, 0.1) is 12.5 Å². The molecule has 134 valence electrons. The molecule has 2 rings (SSSR count). The van der Waals surface area contributed by atoms with E-state index in [1.54, 1.807) is 6.92 Å². The van der Waals surface area contributed by atoms with Gasteiger partial charge in [-0.1, -0.05) is 12.1 Å². The highest BCUT2D eigenvalue weighted by Gasteiger charge is 2.48. The second-order valence-corrected chi connectivity index (χ2v) is 7.03. The van der Waals surface area contributed by atoms with E-state index in [1.165, 1.54) is 12.1 Å². The predicted molar refractivity (Wildman–Crippen MR) is 77.3 cm³/mol. The average Bonchev–Trinajstić information content (AvgIpc) is 3.30. The lowest BCUT2D eigenvalue weighted by Crippen LogP contribution is -2.29. The molecular weight excluding hydrogens is 351 g/mol. The second kappa shape index (κ2) is 6.98. The lowest BCUT2D eigenvalue weighted by Gasteiger charge is -2.13. The summed E-state index contributed by atoms with van der Waals surface area (Å²) in [6.07, 6.45) is 2.15. The number of benzene rings is 1. The summed E-state index contributed by atoms with van der Waals surface area (Å²) in [4.78, 5) is 16.9. The first kappa shape index (κ1) is 18.5. The van der Waals surface area contributed by atoms with Crippen LogP contribution in [0.5, 0.6) is 5.75 Å². The van der Waals surface area contributed by atoms with Crippen molar-refractivity contribution < 1.29 is 35.4 Å².